The molecule has 1 unspecified atom stereocenters. The normalized spacial score (nSPS) is 18.5. The van der Waals surface area contributed by atoms with Crippen LogP contribution in [0.4, 0.5) is 4.79 Å². The van der Waals surface area contributed by atoms with Crippen molar-refractivity contribution < 1.29 is 19.4 Å². The summed E-state index contributed by atoms with van der Waals surface area (Å²) in [7, 11) is 0. The van der Waals surface area contributed by atoms with Crippen molar-refractivity contribution in [2.75, 3.05) is 6.61 Å². The number of hydrogen-bond donors (Lipinski definition) is 2. The minimum atomic E-state index is -0.974. The molecule has 0 heterocycles. The summed E-state index contributed by atoms with van der Waals surface area (Å²) in [6.07, 6.45) is 7.91. The Morgan fingerprint density at radius 2 is 2.05 bits per heavy atom. The molecule has 120 valence electrons. The first kappa shape index (κ1) is 17.5. The minimum Gasteiger partial charge on any atom is -0.480 e. The highest BCUT2D eigenvalue weighted by Crippen LogP contribution is 2.26. The maximum absolute atomic E-state index is 11.8. The SMILES string of the molecule is C=CCC[C@H](C)COC(=O)NC(C(=O)O)C1CCCCC1. The lowest BCUT2D eigenvalue weighted by molar-refractivity contribution is -0.141. The van der Waals surface area contributed by atoms with Crippen LogP contribution in [0.3, 0.4) is 0 Å². The summed E-state index contributed by atoms with van der Waals surface area (Å²) >= 11 is 0. The summed E-state index contributed by atoms with van der Waals surface area (Å²) in [4.78, 5) is 23.1. The van der Waals surface area contributed by atoms with Gasteiger partial charge in [-0.1, -0.05) is 32.3 Å². The largest absolute Gasteiger partial charge is 0.480 e. The highest BCUT2D eigenvalue weighted by atomic mass is 16.5. The molecule has 2 atom stereocenters. The van der Waals surface area contributed by atoms with Gasteiger partial charge in [-0.25, -0.2) is 9.59 Å². The summed E-state index contributed by atoms with van der Waals surface area (Å²) in [5, 5.41) is 11.8. The number of carbonyl (C=O) groups is 2. The first-order valence-corrected chi connectivity index (χ1v) is 7.81. The van der Waals surface area contributed by atoms with E-state index in [1.165, 1.54) is 0 Å². The van der Waals surface area contributed by atoms with Gasteiger partial charge in [0.15, 0.2) is 0 Å². The Bertz CT molecular complexity index is 350. The smallest absolute Gasteiger partial charge is 0.407 e. The van der Waals surface area contributed by atoms with Gasteiger partial charge in [-0.2, -0.15) is 0 Å². The first-order chi connectivity index (χ1) is 10.0. The number of alkyl carbamates (subject to hydrolysis) is 1. The van der Waals surface area contributed by atoms with Gasteiger partial charge in [0.1, 0.15) is 6.04 Å². The first-order valence-electron chi connectivity index (χ1n) is 7.81. The molecule has 0 saturated heterocycles. The maximum Gasteiger partial charge on any atom is 0.407 e. The molecule has 0 aromatic carbocycles. The third kappa shape index (κ3) is 6.65. The van der Waals surface area contributed by atoms with E-state index in [-0.39, 0.29) is 11.8 Å². The summed E-state index contributed by atoms with van der Waals surface area (Å²) in [5.74, 6) is -0.716. The predicted octanol–water partition coefficient (Wildman–Crippen LogP) is 3.35. The van der Waals surface area contributed by atoms with Crippen molar-refractivity contribution in [3.8, 4) is 0 Å². The highest BCUT2D eigenvalue weighted by Gasteiger charge is 2.31. The molecule has 1 fully saturated rings. The molecular weight excluding hydrogens is 270 g/mol. The lowest BCUT2D eigenvalue weighted by atomic mass is 9.84. The lowest BCUT2D eigenvalue weighted by Crippen LogP contribution is -2.47. The van der Waals surface area contributed by atoms with E-state index >= 15 is 0 Å². The van der Waals surface area contributed by atoms with Gasteiger partial charge < -0.3 is 15.2 Å². The van der Waals surface area contributed by atoms with Gasteiger partial charge in [-0.15, -0.1) is 6.58 Å². The number of hydrogen-bond acceptors (Lipinski definition) is 3. The number of carboxylic acid groups (broad SMARTS) is 1. The predicted molar refractivity (Wildman–Crippen MR) is 81.1 cm³/mol. The van der Waals surface area contributed by atoms with Crippen LogP contribution in [0.1, 0.15) is 51.9 Å². The van der Waals surface area contributed by atoms with Crippen LogP contribution in [0.2, 0.25) is 0 Å². The Hall–Kier alpha value is -1.52. The van der Waals surface area contributed by atoms with Crippen molar-refractivity contribution in [3.63, 3.8) is 0 Å². The third-order valence-corrected chi connectivity index (χ3v) is 4.02. The number of allylic oxidation sites excluding steroid dienone is 1. The lowest BCUT2D eigenvalue weighted by Gasteiger charge is -2.27. The topological polar surface area (TPSA) is 75.6 Å². The Kier molecular flexibility index (Phi) is 7.87. The van der Waals surface area contributed by atoms with E-state index in [1.807, 2.05) is 13.0 Å². The Morgan fingerprint density at radius 3 is 2.62 bits per heavy atom. The van der Waals surface area contributed by atoms with Gasteiger partial charge >= 0.3 is 12.1 Å². The average molecular weight is 297 g/mol. The summed E-state index contributed by atoms with van der Waals surface area (Å²) in [6, 6.07) is -0.832. The van der Waals surface area contributed by atoms with Gasteiger partial charge in [0, 0.05) is 0 Å². The van der Waals surface area contributed by atoms with Crippen molar-refractivity contribution >= 4 is 12.1 Å². The van der Waals surface area contributed by atoms with E-state index in [1.54, 1.807) is 0 Å². The molecule has 1 aliphatic carbocycles. The quantitative estimate of drug-likeness (QED) is 0.674. The van der Waals surface area contributed by atoms with Gasteiger partial charge in [0.25, 0.3) is 0 Å². The molecule has 0 aromatic rings. The van der Waals surface area contributed by atoms with Crippen LogP contribution >= 0.6 is 0 Å². The molecule has 0 spiro atoms. The standard InChI is InChI=1S/C16H27NO4/c1-3-4-8-12(2)11-21-16(20)17-14(15(18)19)13-9-6-5-7-10-13/h3,12-14H,1,4-11H2,2H3,(H,17,20)(H,18,19)/t12-,14?/m0/s1. The fourth-order valence-corrected chi connectivity index (χ4v) is 2.72. The highest BCUT2D eigenvalue weighted by molar-refractivity contribution is 5.80. The summed E-state index contributed by atoms with van der Waals surface area (Å²) in [5.41, 5.74) is 0. The van der Waals surface area contributed by atoms with E-state index in [2.05, 4.69) is 11.9 Å². The monoisotopic (exact) mass is 297 g/mol. The Labute approximate surface area is 126 Å². The van der Waals surface area contributed by atoms with Crippen molar-refractivity contribution in [2.24, 2.45) is 11.8 Å². The Balaban J connectivity index is 2.38. The van der Waals surface area contributed by atoms with Crippen molar-refractivity contribution in [1.29, 1.82) is 0 Å². The minimum absolute atomic E-state index is 0.0157. The van der Waals surface area contributed by atoms with E-state index in [0.717, 1.165) is 44.9 Å². The second kappa shape index (κ2) is 9.42. The number of aliphatic carboxylic acids is 1. The van der Waals surface area contributed by atoms with Crippen LogP contribution in [0.25, 0.3) is 0 Å². The van der Waals surface area contributed by atoms with Crippen molar-refractivity contribution in [3.05, 3.63) is 12.7 Å². The number of amides is 1. The second-order valence-corrected chi connectivity index (χ2v) is 5.93. The molecule has 1 aliphatic rings. The zero-order valence-electron chi connectivity index (χ0n) is 12.8. The molecule has 1 amide bonds. The molecule has 5 nitrogen and oxygen atoms in total. The Morgan fingerprint density at radius 1 is 1.38 bits per heavy atom. The number of rotatable bonds is 8. The van der Waals surface area contributed by atoms with Crippen molar-refractivity contribution in [2.45, 2.75) is 57.9 Å². The average Bonchev–Trinajstić information content (AvgIpc) is 2.49. The zero-order chi connectivity index (χ0) is 15.7. The zero-order valence-corrected chi connectivity index (χ0v) is 12.8. The van der Waals surface area contributed by atoms with Crippen LogP contribution in [-0.2, 0) is 9.53 Å². The fraction of sp³-hybridized carbons (Fsp3) is 0.750. The van der Waals surface area contributed by atoms with Gasteiger partial charge in [-0.3, -0.25) is 0 Å². The molecule has 1 rings (SSSR count). The molecular formula is C16H27NO4. The molecule has 0 bridgehead atoms. The third-order valence-electron chi connectivity index (χ3n) is 4.02. The second-order valence-electron chi connectivity index (χ2n) is 5.93. The number of carboxylic acids is 1. The van der Waals surface area contributed by atoms with E-state index < -0.39 is 18.1 Å². The molecule has 2 N–H and O–H groups in total. The molecule has 5 heteroatoms. The molecule has 0 aromatic heterocycles. The molecule has 0 aliphatic heterocycles. The number of ether oxygens (including phenoxy) is 1. The van der Waals surface area contributed by atoms with Crippen LogP contribution in [0, 0.1) is 11.8 Å². The summed E-state index contributed by atoms with van der Waals surface area (Å²) in [6.45, 7) is 5.95. The van der Waals surface area contributed by atoms with Crippen LogP contribution in [0.5, 0.6) is 0 Å². The molecule has 0 radical (unpaired) electrons. The van der Waals surface area contributed by atoms with Crippen LogP contribution < -0.4 is 5.32 Å². The summed E-state index contributed by atoms with van der Waals surface area (Å²) < 4.78 is 5.12. The fourth-order valence-electron chi connectivity index (χ4n) is 2.72. The van der Waals surface area contributed by atoms with Crippen molar-refractivity contribution in [1.82, 2.24) is 5.32 Å². The van der Waals surface area contributed by atoms with Gasteiger partial charge in [0.05, 0.1) is 6.61 Å². The van der Waals surface area contributed by atoms with Gasteiger partial charge in [-0.05, 0) is 37.5 Å². The van der Waals surface area contributed by atoms with E-state index in [9.17, 15) is 14.7 Å². The van der Waals surface area contributed by atoms with Gasteiger partial charge in [0.2, 0.25) is 0 Å². The van der Waals surface area contributed by atoms with E-state index in [0.29, 0.717) is 6.61 Å². The van der Waals surface area contributed by atoms with E-state index in [4.69, 9.17) is 4.74 Å². The van der Waals surface area contributed by atoms with Crippen LogP contribution in [-0.4, -0.2) is 29.8 Å². The number of nitrogens with one attached hydrogen (secondary N) is 1. The van der Waals surface area contributed by atoms with Crippen LogP contribution in [0.15, 0.2) is 12.7 Å². The molecule has 21 heavy (non-hydrogen) atoms. The number of carbonyl (C=O) groups excluding carboxylic acids is 1. The molecule has 1 saturated carbocycles. The maximum atomic E-state index is 11.8.